The fourth-order valence-corrected chi connectivity index (χ4v) is 10.7. The number of hydrogen-bond donors (Lipinski definition) is 6. The van der Waals surface area contributed by atoms with Gasteiger partial charge in [-0.1, -0.05) is 80.6 Å². The number of carbonyl (C=O) groups excluding carboxylic acids is 8. The Balaban J connectivity index is 1.35. The van der Waals surface area contributed by atoms with Crippen LogP contribution in [0.15, 0.2) is 54.1 Å². The van der Waals surface area contributed by atoms with Crippen molar-refractivity contribution >= 4 is 87.6 Å². The molecule has 2 aromatic carbocycles. The number of unbranched alkanes of at least 4 members (excludes halogenated alkanes) is 3. The van der Waals surface area contributed by atoms with Gasteiger partial charge in [0.1, 0.15) is 46.1 Å². The zero-order chi connectivity index (χ0) is 58.4. The van der Waals surface area contributed by atoms with Gasteiger partial charge in [-0.3, -0.25) is 29.3 Å². The zero-order valence-corrected chi connectivity index (χ0v) is 48.2. The maximum absolute atomic E-state index is 14.4. The highest BCUT2D eigenvalue weighted by molar-refractivity contribution is 6.35. The topological polar surface area (TPSA) is 284 Å². The van der Waals surface area contributed by atoms with Crippen molar-refractivity contribution in [1.29, 1.82) is 0 Å². The number of primary amides is 1. The molecule has 6 amide bonds. The van der Waals surface area contributed by atoms with Crippen LogP contribution < -0.4 is 36.6 Å². The Bertz CT molecular complexity index is 2630. The summed E-state index contributed by atoms with van der Waals surface area (Å²) in [5, 5.41) is 22.9. The monoisotopic (exact) mass is 1140 g/mol. The number of nitrogens with zero attached hydrogens (tertiary/aromatic N) is 1. The number of nitrogens with one attached hydrogen (secondary N) is 4. The number of carbonyl (C=O) groups is 8. The fraction of sp³-hybridized carbons (Fsp3) is 0.579. The van der Waals surface area contributed by atoms with Crippen LogP contribution in [-0.2, 0) is 54.1 Å². The number of aliphatic hydroxyl groups is 1. The largest absolute Gasteiger partial charge is 0.495 e. The average molecular weight is 1140 g/mol. The number of epoxide rings is 1. The summed E-state index contributed by atoms with van der Waals surface area (Å²) < 4.78 is 29.6. The number of anilines is 3. The number of methoxy groups -OCH3 is 2. The van der Waals surface area contributed by atoms with Crippen LogP contribution in [0, 0.1) is 17.8 Å². The van der Waals surface area contributed by atoms with Crippen molar-refractivity contribution in [3.63, 3.8) is 0 Å². The van der Waals surface area contributed by atoms with E-state index in [0.717, 1.165) is 30.4 Å². The molecule has 0 saturated carbocycles. The molecule has 2 saturated heterocycles. The van der Waals surface area contributed by atoms with E-state index in [9.17, 15) is 43.5 Å². The fourth-order valence-electron chi connectivity index (χ4n) is 10.2. The third kappa shape index (κ3) is 18.0. The van der Waals surface area contributed by atoms with Gasteiger partial charge in [0.2, 0.25) is 17.7 Å². The number of esters is 1. The molecule has 7 N–H and O–H groups in total. The Morgan fingerprint density at radius 3 is 2.34 bits per heavy atom. The van der Waals surface area contributed by atoms with E-state index in [0.29, 0.717) is 37.1 Å². The van der Waals surface area contributed by atoms with Gasteiger partial charge in [0, 0.05) is 63.9 Å². The number of allylic oxidation sites excluding steroid dienone is 3. The highest BCUT2D eigenvalue weighted by Gasteiger charge is 2.64. The van der Waals surface area contributed by atoms with E-state index >= 15 is 0 Å². The summed E-state index contributed by atoms with van der Waals surface area (Å²) in [6, 6.07) is 6.21. The van der Waals surface area contributed by atoms with Crippen LogP contribution in [0.2, 0.25) is 10.0 Å². The van der Waals surface area contributed by atoms with Gasteiger partial charge in [-0.2, -0.15) is 0 Å². The molecule has 0 unspecified atom stereocenters. The number of urea groups is 1. The van der Waals surface area contributed by atoms with Gasteiger partial charge in [-0.05, 0) is 94.7 Å². The molecular weight excluding hydrogens is 1060 g/mol. The predicted molar refractivity (Wildman–Crippen MR) is 299 cm³/mol. The quantitative estimate of drug-likeness (QED) is 0.0367. The van der Waals surface area contributed by atoms with E-state index in [4.69, 9.17) is 52.6 Å². The van der Waals surface area contributed by atoms with Crippen LogP contribution in [0.1, 0.15) is 124 Å². The van der Waals surface area contributed by atoms with Gasteiger partial charge in [0.05, 0.1) is 48.5 Å². The minimum atomic E-state index is -1.65. The first-order chi connectivity index (χ1) is 37.3. The molecule has 3 aliphatic heterocycles. The Morgan fingerprint density at radius 2 is 1.70 bits per heavy atom. The normalized spacial score (nSPS) is 25.1. The number of benzene rings is 2. The van der Waals surface area contributed by atoms with Crippen LogP contribution in [0.5, 0.6) is 5.75 Å². The Labute approximate surface area is 472 Å². The standard InChI is InChI=1S/C57H78Cl2N6O14/c1-32(2)51(64-47(68)20-13-11-10-12-17-34(4)66)42(67)27-37(18-15-23-61-54(60)72)53(71)62-38-21-22-40(39(58)28-38)63-55(73)78-46-29-48(69)65(7)41-25-36(26-43(75-8)50(41)59)24-33(3)16-14-19-45(76-9)57(74)30-44(77-49(70)31-57)35(5)52-56(46,6)79-52/h14,16,19,21-22,25-26,28,32,35,37,44-46,51-52,74H,10-13,15,17-18,20,23-24,27,29-31H2,1-9H3,(H,62,71)(H,63,73)(H,64,68)(H3,60,61,72)/b19-14+,33-16+/t35-,37-,44+,45-,46+,51+,52+,56+,57-/m1/s1. The van der Waals surface area contributed by atoms with E-state index in [1.54, 1.807) is 58.9 Å². The minimum Gasteiger partial charge on any atom is -0.495 e. The molecule has 2 fully saturated rings. The first-order valence-electron chi connectivity index (χ1n) is 26.8. The zero-order valence-electron chi connectivity index (χ0n) is 46.7. The Hall–Kier alpha value is -6.06. The van der Waals surface area contributed by atoms with Gasteiger partial charge < -0.3 is 60.2 Å². The minimum absolute atomic E-state index is 0.00774. The van der Waals surface area contributed by atoms with E-state index in [1.165, 1.54) is 44.4 Å². The summed E-state index contributed by atoms with van der Waals surface area (Å²) in [6.07, 6.45) is 4.03. The number of amides is 6. The first-order valence-corrected chi connectivity index (χ1v) is 27.6. The first kappa shape index (κ1) is 63.8. The lowest BCUT2D eigenvalue weighted by Crippen LogP contribution is -2.53. The number of nitrogens with two attached hydrogens (primary N) is 1. The smallest absolute Gasteiger partial charge is 0.412 e. The summed E-state index contributed by atoms with van der Waals surface area (Å²) in [6.45, 7) is 10.6. The SMILES string of the molecule is COc1cc2cc(c1Cl)N(C)C(=O)C[C@H](OC(=O)Nc1ccc(NC(=O)[C@H](CCCNC(N)=O)CC(=O)[C@@H](NC(=O)CCCCCCC(C)=O)C(C)C)cc1Cl)[C@]1(C)O[C@H]1[C@H](C)[C@@H]1C[C@@](O)(CC(=O)O1)[C@H](OC)/C=C/C=C(\C)C2. The highest BCUT2D eigenvalue weighted by Crippen LogP contribution is 2.50. The molecule has 9 atom stereocenters. The van der Waals surface area contributed by atoms with Gasteiger partial charge in [0.25, 0.3) is 0 Å². The molecule has 0 radical (unpaired) electrons. The molecule has 79 heavy (non-hydrogen) atoms. The summed E-state index contributed by atoms with van der Waals surface area (Å²) in [7, 11) is 4.45. The van der Waals surface area contributed by atoms with E-state index < -0.39 is 89.8 Å². The van der Waals surface area contributed by atoms with Crippen LogP contribution in [0.4, 0.5) is 26.7 Å². The number of halogens is 2. The molecule has 3 heterocycles. The maximum atomic E-state index is 14.4. The lowest BCUT2D eigenvalue weighted by atomic mass is 9.78. The molecule has 0 aliphatic carbocycles. The summed E-state index contributed by atoms with van der Waals surface area (Å²) in [4.78, 5) is 106. The average Bonchev–Trinajstić information content (AvgIpc) is 4.30. The number of ether oxygens (including phenoxy) is 5. The van der Waals surface area contributed by atoms with Crippen molar-refractivity contribution in [3.05, 3.63) is 69.7 Å². The molecule has 2 aromatic rings. The van der Waals surface area contributed by atoms with Gasteiger partial charge >= 0.3 is 18.1 Å². The molecule has 22 heteroatoms. The van der Waals surface area contributed by atoms with Crippen molar-refractivity contribution in [2.45, 2.75) is 167 Å². The number of fused-ring (bicyclic) bond motifs is 5. The van der Waals surface area contributed by atoms with Crippen molar-refractivity contribution in [3.8, 4) is 5.75 Å². The van der Waals surface area contributed by atoms with Crippen molar-refractivity contribution < 1.29 is 67.1 Å². The molecule has 0 spiro atoms. The van der Waals surface area contributed by atoms with Crippen LogP contribution >= 0.6 is 23.2 Å². The number of Topliss-reactive ketones (excluding diaryl/α,β-unsaturated/α-hetero) is 2. The van der Waals surface area contributed by atoms with Crippen LogP contribution in [0.3, 0.4) is 0 Å². The van der Waals surface area contributed by atoms with Crippen LogP contribution in [-0.4, -0.2) is 122 Å². The third-order valence-electron chi connectivity index (χ3n) is 14.8. The molecule has 434 valence electrons. The molecule has 5 rings (SSSR count). The number of rotatable bonds is 22. The second-order valence-electron chi connectivity index (χ2n) is 21.5. The summed E-state index contributed by atoms with van der Waals surface area (Å²) in [5.41, 5.74) is 4.57. The van der Waals surface area contributed by atoms with Crippen molar-refractivity contribution in [2.75, 3.05) is 43.3 Å². The van der Waals surface area contributed by atoms with Crippen molar-refractivity contribution in [1.82, 2.24) is 10.6 Å². The molecule has 0 aromatic heterocycles. The van der Waals surface area contributed by atoms with Gasteiger partial charge in [-0.25, -0.2) is 9.59 Å². The Morgan fingerprint density at radius 1 is 0.987 bits per heavy atom. The number of ketones is 2. The lowest BCUT2D eigenvalue weighted by Gasteiger charge is -2.41. The van der Waals surface area contributed by atoms with Gasteiger partial charge in [0.15, 0.2) is 5.78 Å². The van der Waals surface area contributed by atoms with E-state index in [1.807, 2.05) is 13.0 Å². The predicted octanol–water partition coefficient (Wildman–Crippen LogP) is 8.31. The maximum Gasteiger partial charge on any atom is 0.412 e. The second kappa shape index (κ2) is 28.9. The van der Waals surface area contributed by atoms with Gasteiger partial charge in [-0.15, -0.1) is 0 Å². The third-order valence-corrected chi connectivity index (χ3v) is 15.5. The highest BCUT2D eigenvalue weighted by atomic mass is 35.5. The van der Waals surface area contributed by atoms with Crippen molar-refractivity contribution in [2.24, 2.45) is 23.5 Å². The van der Waals surface area contributed by atoms with Crippen LogP contribution in [0.25, 0.3) is 0 Å². The molecule has 3 aliphatic rings. The summed E-state index contributed by atoms with van der Waals surface area (Å²) in [5.74, 6) is -3.66. The molecule has 4 bridgehead atoms. The van der Waals surface area contributed by atoms with E-state index in [-0.39, 0.29) is 83.5 Å². The summed E-state index contributed by atoms with van der Waals surface area (Å²) >= 11 is 13.6. The molecule has 20 nitrogen and oxygen atoms in total. The lowest BCUT2D eigenvalue weighted by molar-refractivity contribution is -0.187. The van der Waals surface area contributed by atoms with E-state index in [2.05, 4.69) is 21.3 Å². The molecular formula is C57H78Cl2N6O14. The second-order valence-corrected chi connectivity index (χ2v) is 22.3. The number of hydrogen-bond acceptors (Lipinski definition) is 14. The Kier molecular flexibility index (Phi) is 23.3.